The van der Waals surface area contributed by atoms with E-state index < -0.39 is 5.60 Å². The highest BCUT2D eigenvalue weighted by Gasteiger charge is 2.17. The number of hydrogen-bond acceptors (Lipinski definition) is 3. The Morgan fingerprint density at radius 2 is 2.18 bits per heavy atom. The molecule has 0 amide bonds. The number of aliphatic hydroxyl groups is 1. The average molecular weight is 296 g/mol. The molecule has 90 valence electrons. The number of rotatable bonds is 3. The molecular formula is C12H14BrN3O. The van der Waals surface area contributed by atoms with Crippen molar-refractivity contribution in [2.24, 2.45) is 0 Å². The second-order valence-electron chi connectivity index (χ2n) is 4.61. The lowest BCUT2D eigenvalue weighted by Gasteiger charge is -2.17. The molecule has 0 bridgehead atoms. The number of halogens is 1. The van der Waals surface area contributed by atoms with Gasteiger partial charge in [-0.25, -0.2) is 4.68 Å². The van der Waals surface area contributed by atoms with Gasteiger partial charge in [0, 0.05) is 10.9 Å². The fraction of sp³-hybridized carbons (Fsp3) is 0.333. The molecule has 1 aromatic heterocycles. The third-order valence-corrected chi connectivity index (χ3v) is 2.78. The first-order valence-electron chi connectivity index (χ1n) is 5.34. The minimum atomic E-state index is -0.772. The van der Waals surface area contributed by atoms with Crippen LogP contribution in [0, 0.1) is 0 Å². The van der Waals surface area contributed by atoms with Crippen molar-refractivity contribution in [1.29, 1.82) is 0 Å². The fourth-order valence-electron chi connectivity index (χ4n) is 1.65. The predicted octanol–water partition coefficient (Wildman–Crippen LogP) is 2.34. The van der Waals surface area contributed by atoms with E-state index in [1.807, 2.05) is 24.3 Å². The van der Waals surface area contributed by atoms with Crippen molar-refractivity contribution < 1.29 is 5.11 Å². The lowest BCUT2D eigenvalue weighted by atomic mass is 10.0. The Hall–Kier alpha value is -1.20. The third kappa shape index (κ3) is 3.14. The van der Waals surface area contributed by atoms with E-state index >= 15 is 0 Å². The van der Waals surface area contributed by atoms with Gasteiger partial charge in [-0.1, -0.05) is 27.2 Å². The van der Waals surface area contributed by atoms with E-state index in [0.29, 0.717) is 6.42 Å². The maximum atomic E-state index is 9.84. The van der Waals surface area contributed by atoms with Crippen LogP contribution in [-0.2, 0) is 6.42 Å². The molecule has 1 heterocycles. The summed E-state index contributed by atoms with van der Waals surface area (Å²) in [5, 5.41) is 17.8. The Balaban J connectivity index is 2.37. The van der Waals surface area contributed by atoms with Gasteiger partial charge in [0.2, 0.25) is 0 Å². The molecule has 2 rings (SSSR count). The maximum absolute atomic E-state index is 9.84. The molecule has 0 radical (unpaired) electrons. The first-order valence-corrected chi connectivity index (χ1v) is 6.13. The van der Waals surface area contributed by atoms with Crippen LogP contribution in [0.25, 0.3) is 5.69 Å². The van der Waals surface area contributed by atoms with Gasteiger partial charge in [-0.05, 0) is 32.0 Å². The summed E-state index contributed by atoms with van der Waals surface area (Å²) < 4.78 is 2.72. The van der Waals surface area contributed by atoms with E-state index in [4.69, 9.17) is 0 Å². The second kappa shape index (κ2) is 4.58. The predicted molar refractivity (Wildman–Crippen MR) is 69.1 cm³/mol. The van der Waals surface area contributed by atoms with Crippen LogP contribution in [0.3, 0.4) is 0 Å². The van der Waals surface area contributed by atoms with E-state index in [1.165, 1.54) is 0 Å². The van der Waals surface area contributed by atoms with Crippen LogP contribution in [-0.4, -0.2) is 25.7 Å². The molecule has 0 aliphatic rings. The number of benzene rings is 1. The van der Waals surface area contributed by atoms with E-state index in [-0.39, 0.29) is 0 Å². The maximum Gasteiger partial charge on any atom is 0.0730 e. The molecule has 1 aromatic carbocycles. The first kappa shape index (κ1) is 12.3. The highest BCUT2D eigenvalue weighted by Crippen LogP contribution is 2.18. The Bertz CT molecular complexity index is 516. The fourth-order valence-corrected chi connectivity index (χ4v) is 2.03. The molecular weight excluding hydrogens is 282 g/mol. The van der Waals surface area contributed by atoms with Crippen molar-refractivity contribution in [2.45, 2.75) is 25.9 Å². The van der Waals surface area contributed by atoms with Crippen LogP contribution in [0.1, 0.15) is 19.5 Å². The van der Waals surface area contributed by atoms with Crippen molar-refractivity contribution in [1.82, 2.24) is 15.0 Å². The molecule has 17 heavy (non-hydrogen) atoms. The van der Waals surface area contributed by atoms with Crippen molar-refractivity contribution >= 4 is 15.9 Å². The van der Waals surface area contributed by atoms with Crippen molar-refractivity contribution in [2.75, 3.05) is 0 Å². The SMILES string of the molecule is CC(C)(O)Cc1cnnn1-c1cccc(Br)c1. The van der Waals surface area contributed by atoms with Crippen LogP contribution >= 0.6 is 15.9 Å². The van der Waals surface area contributed by atoms with Crippen molar-refractivity contribution in [3.63, 3.8) is 0 Å². The van der Waals surface area contributed by atoms with E-state index in [0.717, 1.165) is 15.9 Å². The minimum absolute atomic E-state index is 0.506. The topological polar surface area (TPSA) is 50.9 Å². The van der Waals surface area contributed by atoms with Gasteiger partial charge < -0.3 is 5.11 Å². The van der Waals surface area contributed by atoms with Gasteiger partial charge in [0.25, 0.3) is 0 Å². The molecule has 0 saturated carbocycles. The Morgan fingerprint density at radius 1 is 1.41 bits per heavy atom. The summed E-state index contributed by atoms with van der Waals surface area (Å²) in [4.78, 5) is 0. The van der Waals surface area contributed by atoms with Gasteiger partial charge >= 0.3 is 0 Å². The largest absolute Gasteiger partial charge is 0.390 e. The van der Waals surface area contributed by atoms with Gasteiger partial charge in [0.15, 0.2) is 0 Å². The monoisotopic (exact) mass is 295 g/mol. The Morgan fingerprint density at radius 3 is 2.82 bits per heavy atom. The summed E-state index contributed by atoms with van der Waals surface area (Å²) in [5.41, 5.74) is 1.04. The molecule has 0 atom stereocenters. The smallest absolute Gasteiger partial charge is 0.0730 e. The molecule has 1 N–H and O–H groups in total. The number of aromatic nitrogens is 3. The highest BCUT2D eigenvalue weighted by atomic mass is 79.9. The van der Waals surface area contributed by atoms with Crippen LogP contribution in [0.4, 0.5) is 0 Å². The summed E-state index contributed by atoms with van der Waals surface area (Å²) >= 11 is 3.42. The van der Waals surface area contributed by atoms with E-state index in [1.54, 1.807) is 24.7 Å². The molecule has 0 spiro atoms. The van der Waals surface area contributed by atoms with Crippen LogP contribution in [0.5, 0.6) is 0 Å². The van der Waals surface area contributed by atoms with Gasteiger partial charge in [0.05, 0.1) is 23.2 Å². The first-order chi connectivity index (χ1) is 7.96. The summed E-state index contributed by atoms with van der Waals surface area (Å²) in [6.07, 6.45) is 2.19. The number of hydrogen-bond donors (Lipinski definition) is 1. The third-order valence-electron chi connectivity index (χ3n) is 2.29. The van der Waals surface area contributed by atoms with Gasteiger partial charge in [-0.3, -0.25) is 0 Å². The summed E-state index contributed by atoms with van der Waals surface area (Å²) in [6, 6.07) is 7.81. The zero-order valence-electron chi connectivity index (χ0n) is 9.76. The molecule has 0 unspecified atom stereocenters. The lowest BCUT2D eigenvalue weighted by Crippen LogP contribution is -2.23. The lowest BCUT2D eigenvalue weighted by molar-refractivity contribution is 0.0793. The minimum Gasteiger partial charge on any atom is -0.390 e. The van der Waals surface area contributed by atoms with Crippen molar-refractivity contribution in [3.8, 4) is 5.69 Å². The Kier molecular flexibility index (Phi) is 3.31. The second-order valence-corrected chi connectivity index (χ2v) is 5.52. The number of nitrogens with zero attached hydrogens (tertiary/aromatic N) is 3. The molecule has 5 heteroatoms. The van der Waals surface area contributed by atoms with E-state index in [9.17, 15) is 5.11 Å². The highest BCUT2D eigenvalue weighted by molar-refractivity contribution is 9.10. The molecule has 2 aromatic rings. The molecule has 4 nitrogen and oxygen atoms in total. The Labute approximate surface area is 108 Å². The summed E-state index contributed by atoms with van der Waals surface area (Å²) in [6.45, 7) is 3.54. The zero-order chi connectivity index (χ0) is 12.5. The van der Waals surface area contributed by atoms with E-state index in [2.05, 4.69) is 26.2 Å². The molecule has 0 aliphatic heterocycles. The van der Waals surface area contributed by atoms with Crippen molar-refractivity contribution in [3.05, 3.63) is 40.6 Å². The zero-order valence-corrected chi connectivity index (χ0v) is 11.3. The average Bonchev–Trinajstić information content (AvgIpc) is 2.63. The van der Waals surface area contributed by atoms with Crippen LogP contribution in [0.15, 0.2) is 34.9 Å². The van der Waals surface area contributed by atoms with Gasteiger partial charge in [0.1, 0.15) is 0 Å². The van der Waals surface area contributed by atoms with Crippen LogP contribution < -0.4 is 0 Å². The normalized spacial score (nSPS) is 11.8. The summed E-state index contributed by atoms with van der Waals surface area (Å²) in [5.74, 6) is 0. The molecule has 0 saturated heterocycles. The quantitative estimate of drug-likeness (QED) is 0.946. The standard InChI is InChI=1S/C12H14BrN3O/c1-12(2,17)7-11-8-14-15-16(11)10-5-3-4-9(13)6-10/h3-6,8,17H,7H2,1-2H3. The molecule has 0 aliphatic carbocycles. The van der Waals surface area contributed by atoms with Crippen LogP contribution in [0.2, 0.25) is 0 Å². The van der Waals surface area contributed by atoms with Gasteiger partial charge in [-0.15, -0.1) is 5.10 Å². The molecule has 0 fully saturated rings. The van der Waals surface area contributed by atoms with Gasteiger partial charge in [-0.2, -0.15) is 0 Å². The summed E-state index contributed by atoms with van der Waals surface area (Å²) in [7, 11) is 0.